The quantitative estimate of drug-likeness (QED) is 0.349. The van der Waals surface area contributed by atoms with Gasteiger partial charge in [0.05, 0.1) is 17.6 Å². The molecule has 148 valence electrons. The van der Waals surface area contributed by atoms with Crippen molar-refractivity contribution in [3.05, 3.63) is 39.4 Å². The first-order valence-electron chi connectivity index (χ1n) is 8.74. The normalized spacial score (nSPS) is 21.2. The number of anilines is 1. The fourth-order valence-corrected chi connectivity index (χ4v) is 3.17. The summed E-state index contributed by atoms with van der Waals surface area (Å²) in [5.41, 5.74) is 0.281. The topological polar surface area (TPSA) is 122 Å². The van der Waals surface area contributed by atoms with Crippen molar-refractivity contribution in [3.63, 3.8) is 0 Å². The minimum absolute atomic E-state index is 0.0506. The number of imide groups is 2. The molecule has 2 fully saturated rings. The van der Waals surface area contributed by atoms with E-state index in [-0.39, 0.29) is 23.9 Å². The number of barbiturate groups is 1. The highest BCUT2D eigenvalue weighted by molar-refractivity contribution is 6.31. The maximum atomic E-state index is 12.7. The fourth-order valence-electron chi connectivity index (χ4n) is 3.17. The number of urea groups is 1. The lowest BCUT2D eigenvalue weighted by molar-refractivity contribution is -0.384. The molecule has 4 amide bonds. The highest BCUT2D eigenvalue weighted by Gasteiger charge is 2.37. The van der Waals surface area contributed by atoms with Gasteiger partial charge in [0.1, 0.15) is 11.3 Å². The summed E-state index contributed by atoms with van der Waals surface area (Å²) in [6.07, 6.45) is 2.56. The van der Waals surface area contributed by atoms with Gasteiger partial charge in [0.2, 0.25) is 0 Å². The second-order valence-electron chi connectivity index (χ2n) is 6.77. The monoisotopic (exact) mass is 388 g/mol. The van der Waals surface area contributed by atoms with E-state index < -0.39 is 22.8 Å². The van der Waals surface area contributed by atoms with Crippen LogP contribution in [0.3, 0.4) is 0 Å². The number of nitrogens with zero attached hydrogens (tertiary/aromatic N) is 3. The first-order chi connectivity index (χ1) is 13.3. The maximum Gasteiger partial charge on any atom is 0.331 e. The minimum Gasteiger partial charge on any atom is -0.376 e. The Morgan fingerprint density at radius 2 is 2.11 bits per heavy atom. The van der Waals surface area contributed by atoms with Crippen LogP contribution in [0.1, 0.15) is 18.4 Å². The lowest BCUT2D eigenvalue weighted by atomic mass is 10.1. The molecule has 0 spiro atoms. The van der Waals surface area contributed by atoms with Crippen LogP contribution in [0, 0.1) is 10.1 Å². The molecule has 10 heteroatoms. The summed E-state index contributed by atoms with van der Waals surface area (Å²) in [4.78, 5) is 50.3. The number of amides is 4. The molecule has 28 heavy (non-hydrogen) atoms. The largest absolute Gasteiger partial charge is 0.376 e. The van der Waals surface area contributed by atoms with Gasteiger partial charge in [0.15, 0.2) is 0 Å². The Bertz CT molecular complexity index is 873. The number of carbonyl (C=O) groups excluding carboxylic acids is 3. The van der Waals surface area contributed by atoms with Crippen LogP contribution in [0.15, 0.2) is 23.8 Å². The summed E-state index contributed by atoms with van der Waals surface area (Å²) in [5.74, 6) is -1.58. The molecule has 0 saturated carbocycles. The fraction of sp³-hybridized carbons (Fsp3) is 0.389. The van der Waals surface area contributed by atoms with Gasteiger partial charge in [0, 0.05) is 26.8 Å². The number of ether oxygens (including phenoxy) is 1. The van der Waals surface area contributed by atoms with Gasteiger partial charge in [0.25, 0.3) is 17.5 Å². The Hall–Kier alpha value is -3.27. The van der Waals surface area contributed by atoms with Crippen molar-refractivity contribution in [2.24, 2.45) is 0 Å². The molecular weight excluding hydrogens is 368 g/mol. The van der Waals surface area contributed by atoms with Gasteiger partial charge in [-0.1, -0.05) is 6.07 Å². The average Bonchev–Trinajstić information content (AvgIpc) is 3.15. The molecule has 1 aromatic carbocycles. The Kier molecular flexibility index (Phi) is 5.41. The van der Waals surface area contributed by atoms with E-state index in [4.69, 9.17) is 4.74 Å². The first kappa shape index (κ1) is 19.5. The number of nitro benzene ring substituents is 1. The molecule has 1 aromatic rings. The van der Waals surface area contributed by atoms with E-state index in [1.165, 1.54) is 18.2 Å². The van der Waals surface area contributed by atoms with Crippen molar-refractivity contribution < 1.29 is 24.0 Å². The van der Waals surface area contributed by atoms with E-state index in [1.807, 2.05) is 0 Å². The summed E-state index contributed by atoms with van der Waals surface area (Å²) >= 11 is 0. The Morgan fingerprint density at radius 3 is 2.71 bits per heavy atom. The van der Waals surface area contributed by atoms with Crippen molar-refractivity contribution in [1.82, 2.24) is 10.2 Å². The van der Waals surface area contributed by atoms with Crippen LogP contribution in [0.5, 0.6) is 0 Å². The molecule has 10 nitrogen and oxygen atoms in total. The lowest BCUT2D eigenvalue weighted by Crippen LogP contribution is -2.55. The number of nitrogens with one attached hydrogen (secondary N) is 1. The van der Waals surface area contributed by atoms with Crippen molar-refractivity contribution in [2.75, 3.05) is 32.1 Å². The van der Waals surface area contributed by atoms with Gasteiger partial charge in [-0.2, -0.15) is 0 Å². The van der Waals surface area contributed by atoms with Crippen molar-refractivity contribution in [1.29, 1.82) is 0 Å². The third kappa shape index (κ3) is 3.86. The number of carbonyl (C=O) groups is 3. The molecule has 3 rings (SSSR count). The minimum atomic E-state index is -0.835. The Balaban J connectivity index is 1.92. The Morgan fingerprint density at radius 1 is 1.36 bits per heavy atom. The molecule has 1 N–H and O–H groups in total. The molecular formula is C18H20N4O6. The van der Waals surface area contributed by atoms with E-state index in [9.17, 15) is 24.5 Å². The van der Waals surface area contributed by atoms with Gasteiger partial charge in [-0.05, 0) is 30.5 Å². The van der Waals surface area contributed by atoms with Crippen molar-refractivity contribution >= 4 is 35.3 Å². The molecule has 0 aromatic heterocycles. The van der Waals surface area contributed by atoms with Gasteiger partial charge in [-0.3, -0.25) is 29.9 Å². The standard InChI is InChI=1S/C18H20N4O6/c1-20(2)14-6-5-11(9-15(14)22(26)27)8-13-16(23)19-18(25)21(17(13)24)10-12-4-3-7-28-12/h5-6,8-9,12H,3-4,7,10H2,1-2H3,(H,19,23,25)/b13-8+/t12-/m1/s1. The van der Waals surface area contributed by atoms with E-state index >= 15 is 0 Å². The number of rotatable bonds is 5. The predicted octanol–water partition coefficient (Wildman–Crippen LogP) is 1.30. The predicted molar refractivity (Wildman–Crippen MR) is 99.6 cm³/mol. The molecule has 0 bridgehead atoms. The van der Waals surface area contributed by atoms with E-state index in [2.05, 4.69) is 5.32 Å². The van der Waals surface area contributed by atoms with Gasteiger partial charge in [-0.15, -0.1) is 0 Å². The zero-order chi connectivity index (χ0) is 20.4. The Labute approximate surface area is 160 Å². The highest BCUT2D eigenvalue weighted by atomic mass is 16.6. The third-order valence-corrected chi connectivity index (χ3v) is 4.58. The summed E-state index contributed by atoms with van der Waals surface area (Å²) in [5, 5.41) is 13.5. The number of hydrogen-bond acceptors (Lipinski definition) is 7. The van der Waals surface area contributed by atoms with E-state index in [1.54, 1.807) is 25.1 Å². The smallest absolute Gasteiger partial charge is 0.331 e. The van der Waals surface area contributed by atoms with E-state index in [0.29, 0.717) is 17.9 Å². The summed E-state index contributed by atoms with van der Waals surface area (Å²) < 4.78 is 5.45. The van der Waals surface area contributed by atoms with Crippen molar-refractivity contribution in [3.8, 4) is 0 Å². The molecule has 2 aliphatic rings. The van der Waals surface area contributed by atoms with Gasteiger partial charge >= 0.3 is 6.03 Å². The molecule has 0 radical (unpaired) electrons. The summed E-state index contributed by atoms with van der Waals surface area (Å²) in [6.45, 7) is 0.618. The lowest BCUT2D eigenvalue weighted by Gasteiger charge is -2.28. The molecule has 2 saturated heterocycles. The first-order valence-corrected chi connectivity index (χ1v) is 8.74. The number of nitro groups is 1. The number of benzene rings is 1. The van der Waals surface area contributed by atoms with Crippen LogP contribution in [0.4, 0.5) is 16.2 Å². The van der Waals surface area contributed by atoms with Crippen LogP contribution >= 0.6 is 0 Å². The summed E-state index contributed by atoms with van der Waals surface area (Å²) in [7, 11) is 3.35. The summed E-state index contributed by atoms with van der Waals surface area (Å²) in [6, 6.07) is 3.59. The second kappa shape index (κ2) is 7.77. The van der Waals surface area contributed by atoms with Gasteiger partial charge < -0.3 is 9.64 Å². The van der Waals surface area contributed by atoms with Crippen LogP contribution in [0.2, 0.25) is 0 Å². The molecule has 0 aliphatic carbocycles. The average molecular weight is 388 g/mol. The zero-order valence-electron chi connectivity index (χ0n) is 15.5. The molecule has 0 unspecified atom stereocenters. The van der Waals surface area contributed by atoms with Crippen LogP contribution in [-0.4, -0.2) is 61.0 Å². The SMILES string of the molecule is CN(C)c1ccc(/C=C2\C(=O)NC(=O)N(C[C@H]3CCCO3)C2=O)cc1[N+](=O)[O-]. The highest BCUT2D eigenvalue weighted by Crippen LogP contribution is 2.29. The van der Waals surface area contributed by atoms with Gasteiger partial charge in [-0.25, -0.2) is 4.79 Å². The molecule has 1 atom stereocenters. The molecule has 2 heterocycles. The van der Waals surface area contributed by atoms with E-state index in [0.717, 1.165) is 17.7 Å². The maximum absolute atomic E-state index is 12.7. The van der Waals surface area contributed by atoms with Crippen LogP contribution < -0.4 is 10.2 Å². The third-order valence-electron chi connectivity index (χ3n) is 4.58. The molecule has 2 aliphatic heterocycles. The zero-order valence-corrected chi connectivity index (χ0v) is 15.5. The second-order valence-corrected chi connectivity index (χ2v) is 6.77. The van der Waals surface area contributed by atoms with Crippen LogP contribution in [0.25, 0.3) is 6.08 Å². The van der Waals surface area contributed by atoms with Crippen molar-refractivity contribution in [2.45, 2.75) is 18.9 Å². The van der Waals surface area contributed by atoms with Crippen LogP contribution in [-0.2, 0) is 14.3 Å². The number of hydrogen-bond donors (Lipinski definition) is 1.